The van der Waals surface area contributed by atoms with Crippen LogP contribution in [0.25, 0.3) is 22.2 Å². The fourth-order valence-electron chi connectivity index (χ4n) is 6.83. The molecule has 3 unspecified atom stereocenters. The van der Waals surface area contributed by atoms with Crippen LogP contribution >= 0.6 is 0 Å². The van der Waals surface area contributed by atoms with Crippen molar-refractivity contribution in [2.75, 3.05) is 20.8 Å². The van der Waals surface area contributed by atoms with Crippen molar-refractivity contribution in [3.05, 3.63) is 67.3 Å². The third-order valence-corrected chi connectivity index (χ3v) is 12.0. The Hall–Kier alpha value is -5.51. The predicted octanol–water partition coefficient (Wildman–Crippen LogP) is 2.63. The number of methoxy groups -OCH3 is 2. The number of esters is 1. The summed E-state index contributed by atoms with van der Waals surface area (Å²) in [5.74, 6) is -4.21. The average molecular weight is 776 g/mol. The average Bonchev–Trinajstić information content (AvgIpc) is 4.09. The topological polar surface area (TPSA) is 199 Å². The molecule has 2 aliphatic carbocycles. The Morgan fingerprint density at radius 1 is 1.04 bits per heavy atom. The minimum atomic E-state index is -3.94. The smallest absolute Gasteiger partial charge is 0.396 e. The van der Waals surface area contributed by atoms with Crippen LogP contribution in [0, 0.1) is 11.3 Å². The molecule has 5 atom stereocenters. The van der Waals surface area contributed by atoms with Crippen molar-refractivity contribution < 1.29 is 46.6 Å². The number of aromatic nitrogens is 1. The largest absolute Gasteiger partial charge is 0.497 e. The highest BCUT2D eigenvalue weighted by Gasteiger charge is 2.62. The molecule has 292 valence electrons. The van der Waals surface area contributed by atoms with Gasteiger partial charge in [0.25, 0.3) is 5.91 Å². The van der Waals surface area contributed by atoms with Crippen LogP contribution in [-0.4, -0.2) is 97.6 Å². The van der Waals surface area contributed by atoms with Gasteiger partial charge < -0.3 is 29.7 Å². The van der Waals surface area contributed by atoms with E-state index < -0.39 is 79.9 Å². The first-order valence-electron chi connectivity index (χ1n) is 17.9. The maximum absolute atomic E-state index is 14.5. The molecule has 1 aliphatic heterocycles. The standard InChI is InChI=1S/C39H45N5O10S/c1-7-23-20-39(23,37(49)43-55(50,51)26-14-15-26)42-33(45)30-18-25(21-44(30)35(47)32(38(2,3)4)41-34(46)36(48)53-6)54-31-19-28(22-11-9-8-10-12-22)40-29-17-24(52-5)13-16-27(29)31/h7-13,16-17,19,23,25-26,30,32H,1,14-15,18,20-21H2,2-6H3,(H,41,46)(H,42,45)(H,43,49)/t23?,25?,30-,32?,39+/m0/s1. The summed E-state index contributed by atoms with van der Waals surface area (Å²) in [5.41, 5.74) is -0.558. The van der Waals surface area contributed by atoms with Gasteiger partial charge >= 0.3 is 11.9 Å². The molecule has 2 heterocycles. The molecule has 1 aromatic heterocycles. The molecule has 2 aromatic carbocycles. The van der Waals surface area contributed by atoms with E-state index >= 15 is 0 Å². The zero-order valence-corrected chi connectivity index (χ0v) is 32.1. The lowest BCUT2D eigenvalue weighted by atomic mass is 9.85. The zero-order chi connectivity index (χ0) is 39.9. The number of amides is 4. The zero-order valence-electron chi connectivity index (χ0n) is 31.3. The number of carbonyl (C=O) groups excluding carboxylic acids is 5. The highest BCUT2D eigenvalue weighted by Crippen LogP contribution is 2.46. The third kappa shape index (κ3) is 8.14. The fraction of sp³-hybridized carbons (Fsp3) is 0.436. The SMILES string of the molecule is C=CC1C[C@]1(NC(=O)[C@@H]1CC(Oc2cc(-c3ccccc3)nc3cc(OC)ccc23)CN1C(=O)C(NC(=O)C(=O)OC)C(C)(C)C)C(=O)NS(=O)(=O)C1CC1. The highest BCUT2D eigenvalue weighted by atomic mass is 32.2. The van der Waals surface area contributed by atoms with E-state index in [2.05, 4.69) is 26.7 Å². The van der Waals surface area contributed by atoms with Gasteiger partial charge in [-0.1, -0.05) is 57.2 Å². The Morgan fingerprint density at radius 3 is 2.35 bits per heavy atom. The van der Waals surface area contributed by atoms with E-state index in [-0.39, 0.29) is 19.4 Å². The molecule has 3 N–H and O–H groups in total. The number of likely N-dealkylation sites (tertiary alicyclic amines) is 1. The molecule has 16 heteroatoms. The van der Waals surface area contributed by atoms with Gasteiger partial charge in [0.15, 0.2) is 0 Å². The predicted molar refractivity (Wildman–Crippen MR) is 201 cm³/mol. The number of nitrogens with one attached hydrogen (secondary N) is 3. The lowest BCUT2D eigenvalue weighted by Crippen LogP contribution is -2.60. The van der Waals surface area contributed by atoms with Crippen molar-refractivity contribution in [2.24, 2.45) is 11.3 Å². The van der Waals surface area contributed by atoms with Gasteiger partial charge in [-0.3, -0.25) is 23.9 Å². The summed E-state index contributed by atoms with van der Waals surface area (Å²) in [6, 6.07) is 14.0. The molecule has 2 saturated carbocycles. The maximum Gasteiger partial charge on any atom is 0.396 e. The summed E-state index contributed by atoms with van der Waals surface area (Å²) in [4.78, 5) is 73.3. The Bertz CT molecular complexity index is 2150. The molecule has 0 radical (unpaired) electrons. The number of hydrogen-bond acceptors (Lipinski definition) is 11. The Kier molecular flexibility index (Phi) is 10.7. The second-order valence-corrected chi connectivity index (χ2v) is 17.1. The Morgan fingerprint density at radius 2 is 1.75 bits per heavy atom. The number of pyridine rings is 1. The summed E-state index contributed by atoms with van der Waals surface area (Å²) in [6.07, 6.45) is 1.60. The lowest BCUT2D eigenvalue weighted by molar-refractivity contribution is -0.155. The monoisotopic (exact) mass is 775 g/mol. The highest BCUT2D eigenvalue weighted by molar-refractivity contribution is 7.91. The summed E-state index contributed by atoms with van der Waals surface area (Å²) in [7, 11) is -1.35. The van der Waals surface area contributed by atoms with E-state index in [1.807, 2.05) is 30.3 Å². The molecule has 0 bridgehead atoms. The number of ether oxygens (including phenoxy) is 3. The van der Waals surface area contributed by atoms with Gasteiger partial charge in [0.05, 0.1) is 37.2 Å². The van der Waals surface area contributed by atoms with Gasteiger partial charge in [0, 0.05) is 35.4 Å². The first kappa shape index (κ1) is 39.2. The molecule has 15 nitrogen and oxygen atoms in total. The van der Waals surface area contributed by atoms with E-state index in [0.717, 1.165) is 12.7 Å². The van der Waals surface area contributed by atoms with E-state index in [0.29, 0.717) is 40.9 Å². The number of benzene rings is 2. The van der Waals surface area contributed by atoms with E-state index in [9.17, 15) is 32.4 Å². The molecule has 1 saturated heterocycles. The van der Waals surface area contributed by atoms with Crippen LogP contribution in [0.2, 0.25) is 0 Å². The molecule has 0 spiro atoms. The number of nitrogens with zero attached hydrogens (tertiary/aromatic N) is 2. The number of sulfonamides is 1. The number of carbonyl (C=O) groups is 5. The van der Waals surface area contributed by atoms with Crippen LogP contribution in [0.15, 0.2) is 67.3 Å². The van der Waals surface area contributed by atoms with Crippen molar-refractivity contribution in [1.29, 1.82) is 0 Å². The van der Waals surface area contributed by atoms with Crippen molar-refractivity contribution in [2.45, 2.75) is 75.4 Å². The second-order valence-electron chi connectivity index (χ2n) is 15.2. The lowest BCUT2D eigenvalue weighted by Gasteiger charge is -2.35. The van der Waals surface area contributed by atoms with Crippen LogP contribution in [0.4, 0.5) is 0 Å². The van der Waals surface area contributed by atoms with Crippen molar-refractivity contribution in [3.63, 3.8) is 0 Å². The minimum absolute atomic E-state index is 0.0448. The summed E-state index contributed by atoms with van der Waals surface area (Å²) in [6.45, 7) is 8.70. The van der Waals surface area contributed by atoms with Crippen LogP contribution in [0.3, 0.4) is 0 Å². The first-order chi connectivity index (χ1) is 26.0. The Balaban J connectivity index is 1.35. The number of hydrogen-bond donors (Lipinski definition) is 3. The normalized spacial score (nSPS) is 22.6. The van der Waals surface area contributed by atoms with Crippen molar-refractivity contribution in [3.8, 4) is 22.8 Å². The van der Waals surface area contributed by atoms with Crippen LogP contribution < -0.4 is 24.8 Å². The van der Waals surface area contributed by atoms with Crippen LogP contribution in [-0.2, 0) is 38.7 Å². The third-order valence-electron chi connectivity index (χ3n) is 10.2. The molecule has 55 heavy (non-hydrogen) atoms. The summed E-state index contributed by atoms with van der Waals surface area (Å²) < 4.78 is 44.2. The number of fused-ring (bicyclic) bond motifs is 1. The van der Waals surface area contributed by atoms with Crippen LogP contribution in [0.5, 0.6) is 11.5 Å². The fourth-order valence-corrected chi connectivity index (χ4v) is 8.19. The quantitative estimate of drug-likeness (QED) is 0.139. The first-order valence-corrected chi connectivity index (χ1v) is 19.5. The molecule has 3 fully saturated rings. The van der Waals surface area contributed by atoms with Gasteiger partial charge in [0.1, 0.15) is 35.2 Å². The van der Waals surface area contributed by atoms with Crippen molar-refractivity contribution >= 4 is 50.5 Å². The molecule has 6 rings (SSSR count). The molecule has 3 aromatic rings. The maximum atomic E-state index is 14.5. The summed E-state index contributed by atoms with van der Waals surface area (Å²) >= 11 is 0. The van der Waals surface area contributed by atoms with E-state index in [1.54, 1.807) is 52.1 Å². The van der Waals surface area contributed by atoms with Gasteiger partial charge in [-0.05, 0) is 36.8 Å². The summed E-state index contributed by atoms with van der Waals surface area (Å²) in [5, 5.41) is 5.19. The van der Waals surface area contributed by atoms with Crippen LogP contribution in [0.1, 0.15) is 46.5 Å². The molecular formula is C39H45N5O10S. The van der Waals surface area contributed by atoms with Gasteiger partial charge in [-0.25, -0.2) is 18.2 Å². The molecule has 4 amide bonds. The van der Waals surface area contributed by atoms with Crippen molar-refractivity contribution in [1.82, 2.24) is 25.2 Å². The minimum Gasteiger partial charge on any atom is -0.497 e. The van der Waals surface area contributed by atoms with Gasteiger partial charge in [-0.2, -0.15) is 0 Å². The molecular weight excluding hydrogens is 731 g/mol. The van der Waals surface area contributed by atoms with Gasteiger partial charge in [-0.15, -0.1) is 6.58 Å². The number of rotatable bonds is 12. The second kappa shape index (κ2) is 15.0. The molecule has 3 aliphatic rings. The Labute approximate surface area is 319 Å². The van der Waals surface area contributed by atoms with E-state index in [1.165, 1.54) is 11.0 Å². The van der Waals surface area contributed by atoms with Gasteiger partial charge in [0.2, 0.25) is 21.8 Å². The van der Waals surface area contributed by atoms with E-state index in [4.69, 9.17) is 14.5 Å².